The van der Waals surface area contributed by atoms with Gasteiger partial charge in [-0.2, -0.15) is 0 Å². The predicted octanol–water partition coefficient (Wildman–Crippen LogP) is 1.30. The van der Waals surface area contributed by atoms with Crippen molar-refractivity contribution in [2.45, 2.75) is 13.8 Å². The molecule has 3 heterocycles. The van der Waals surface area contributed by atoms with Crippen LogP contribution in [0.1, 0.15) is 21.5 Å². The van der Waals surface area contributed by atoms with Gasteiger partial charge in [0, 0.05) is 12.4 Å². The highest BCUT2D eigenvalue weighted by Crippen LogP contribution is 2.12. The molecule has 0 spiro atoms. The molecular formula is C15H15N5O3. The summed E-state index contributed by atoms with van der Waals surface area (Å²) in [6.07, 6.45) is 4.48. The molecule has 3 aromatic heterocycles. The van der Waals surface area contributed by atoms with Crippen molar-refractivity contribution in [3.05, 3.63) is 57.9 Å². The lowest BCUT2D eigenvalue weighted by molar-refractivity contribution is 0.0697. The smallest absolute Gasteiger partial charge is 0.339 e. The van der Waals surface area contributed by atoms with Gasteiger partial charge in [0.1, 0.15) is 11.4 Å². The summed E-state index contributed by atoms with van der Waals surface area (Å²) in [6.45, 7) is 3.54. The van der Waals surface area contributed by atoms with Crippen molar-refractivity contribution >= 4 is 22.8 Å². The Labute approximate surface area is 131 Å². The molecule has 0 atom stereocenters. The van der Waals surface area contributed by atoms with Crippen LogP contribution in [0.5, 0.6) is 0 Å². The fraction of sp³-hybridized carbons (Fsp3) is 0.133. The Balaban J connectivity index is 0.000000168. The number of rotatable bonds is 1. The number of pyridine rings is 2. The van der Waals surface area contributed by atoms with Crippen LogP contribution in [0.3, 0.4) is 0 Å². The van der Waals surface area contributed by atoms with E-state index in [-0.39, 0.29) is 16.9 Å². The van der Waals surface area contributed by atoms with E-state index in [1.807, 2.05) is 6.92 Å². The number of nitrogens with one attached hydrogen (secondary N) is 1. The van der Waals surface area contributed by atoms with Gasteiger partial charge in [-0.3, -0.25) is 4.79 Å². The molecular weight excluding hydrogens is 298 g/mol. The van der Waals surface area contributed by atoms with Gasteiger partial charge in [-0.15, -0.1) is 0 Å². The molecule has 8 nitrogen and oxygen atoms in total. The van der Waals surface area contributed by atoms with Gasteiger partial charge in [-0.25, -0.2) is 19.7 Å². The standard InChI is InChI=1S/C8H7N3O.C7H8N2O2/c1-5-2-3-9-7-6(5)8(12)11-4-10-7;1-4-2-3-9-6(8)5(4)7(10)11/h2-4H,1H3,(H,9,10,11,12);2-3H,1H3,(H2,8,9)(H,10,11). The molecule has 0 aliphatic rings. The number of nitrogens with two attached hydrogens (primary N) is 1. The number of carboxylic acids is 1. The molecule has 0 saturated carbocycles. The molecule has 0 unspecified atom stereocenters. The summed E-state index contributed by atoms with van der Waals surface area (Å²) in [5.41, 5.74) is 7.31. The number of aromatic nitrogens is 4. The number of carbonyl (C=O) groups is 1. The fourth-order valence-corrected chi connectivity index (χ4v) is 2.00. The van der Waals surface area contributed by atoms with E-state index < -0.39 is 5.97 Å². The lowest BCUT2D eigenvalue weighted by Crippen LogP contribution is -2.08. The Bertz CT molecular complexity index is 895. The highest BCUT2D eigenvalue weighted by atomic mass is 16.4. The Hall–Kier alpha value is -3.29. The largest absolute Gasteiger partial charge is 0.478 e. The van der Waals surface area contributed by atoms with Gasteiger partial charge < -0.3 is 15.8 Å². The third-order valence-electron chi connectivity index (χ3n) is 3.15. The van der Waals surface area contributed by atoms with Crippen LogP contribution in [0.4, 0.5) is 5.82 Å². The van der Waals surface area contributed by atoms with Gasteiger partial charge in [0.05, 0.1) is 11.7 Å². The zero-order valence-corrected chi connectivity index (χ0v) is 12.6. The molecule has 8 heteroatoms. The maximum Gasteiger partial charge on any atom is 0.339 e. The number of anilines is 1. The number of fused-ring (bicyclic) bond motifs is 1. The third kappa shape index (κ3) is 3.49. The zero-order chi connectivity index (χ0) is 17.0. The molecule has 0 saturated heterocycles. The summed E-state index contributed by atoms with van der Waals surface area (Å²) in [5.74, 6) is -0.967. The minimum atomic E-state index is -1.03. The second-order valence-corrected chi connectivity index (χ2v) is 4.75. The van der Waals surface area contributed by atoms with E-state index in [0.29, 0.717) is 16.6 Å². The van der Waals surface area contributed by atoms with Crippen molar-refractivity contribution in [2.24, 2.45) is 0 Å². The molecule has 0 aromatic carbocycles. The normalized spacial score (nSPS) is 10.0. The average Bonchev–Trinajstić information content (AvgIpc) is 2.47. The SMILES string of the molecule is Cc1ccnc(N)c1C(=O)O.Cc1ccnc2nc[nH]c(=O)c12. The van der Waals surface area contributed by atoms with E-state index in [1.54, 1.807) is 25.3 Å². The maximum atomic E-state index is 11.3. The van der Waals surface area contributed by atoms with E-state index in [4.69, 9.17) is 10.8 Å². The van der Waals surface area contributed by atoms with Crippen LogP contribution in [-0.2, 0) is 0 Å². The van der Waals surface area contributed by atoms with E-state index in [9.17, 15) is 9.59 Å². The maximum absolute atomic E-state index is 11.3. The highest BCUT2D eigenvalue weighted by Gasteiger charge is 2.10. The third-order valence-corrected chi connectivity index (χ3v) is 3.15. The van der Waals surface area contributed by atoms with Crippen molar-refractivity contribution in [1.82, 2.24) is 19.9 Å². The Morgan fingerprint density at radius 2 is 1.78 bits per heavy atom. The molecule has 23 heavy (non-hydrogen) atoms. The van der Waals surface area contributed by atoms with Crippen LogP contribution in [0.2, 0.25) is 0 Å². The Kier molecular flexibility index (Phi) is 4.65. The summed E-state index contributed by atoms with van der Waals surface area (Å²) in [6, 6.07) is 3.40. The first-order valence-electron chi connectivity index (χ1n) is 6.65. The second kappa shape index (κ2) is 6.65. The number of H-pyrrole nitrogens is 1. The molecule has 0 fully saturated rings. The van der Waals surface area contributed by atoms with Crippen molar-refractivity contribution in [1.29, 1.82) is 0 Å². The van der Waals surface area contributed by atoms with Crippen LogP contribution < -0.4 is 11.3 Å². The van der Waals surface area contributed by atoms with Gasteiger partial charge in [-0.1, -0.05) is 0 Å². The number of nitrogens with zero attached hydrogens (tertiary/aromatic N) is 3. The second-order valence-electron chi connectivity index (χ2n) is 4.75. The monoisotopic (exact) mass is 313 g/mol. The molecule has 0 aliphatic carbocycles. The lowest BCUT2D eigenvalue weighted by atomic mass is 10.1. The van der Waals surface area contributed by atoms with Gasteiger partial charge in [0.2, 0.25) is 0 Å². The van der Waals surface area contributed by atoms with E-state index in [1.165, 1.54) is 12.5 Å². The van der Waals surface area contributed by atoms with Crippen molar-refractivity contribution in [3.8, 4) is 0 Å². The Morgan fingerprint density at radius 3 is 2.35 bits per heavy atom. The lowest BCUT2D eigenvalue weighted by Gasteiger charge is -2.01. The minimum absolute atomic E-state index is 0.0671. The Morgan fingerprint density at radius 1 is 1.13 bits per heavy atom. The number of carboxylic acid groups (broad SMARTS) is 1. The van der Waals surface area contributed by atoms with Gasteiger partial charge in [0.25, 0.3) is 5.56 Å². The van der Waals surface area contributed by atoms with Gasteiger partial charge in [0.15, 0.2) is 5.65 Å². The quantitative estimate of drug-likeness (QED) is 0.616. The number of hydrogen-bond donors (Lipinski definition) is 3. The van der Waals surface area contributed by atoms with Crippen LogP contribution in [0, 0.1) is 13.8 Å². The van der Waals surface area contributed by atoms with E-state index >= 15 is 0 Å². The summed E-state index contributed by atoms with van der Waals surface area (Å²) in [4.78, 5) is 35.9. The number of aromatic carboxylic acids is 1. The number of aryl methyl sites for hydroxylation is 2. The number of hydrogen-bond acceptors (Lipinski definition) is 6. The van der Waals surface area contributed by atoms with Crippen molar-refractivity contribution < 1.29 is 9.90 Å². The first-order valence-corrected chi connectivity index (χ1v) is 6.65. The van der Waals surface area contributed by atoms with Crippen LogP contribution in [0.25, 0.3) is 11.0 Å². The van der Waals surface area contributed by atoms with E-state index in [2.05, 4.69) is 19.9 Å². The predicted molar refractivity (Wildman–Crippen MR) is 85.2 cm³/mol. The van der Waals surface area contributed by atoms with Crippen LogP contribution in [-0.4, -0.2) is 31.0 Å². The number of aromatic amines is 1. The summed E-state index contributed by atoms with van der Waals surface area (Å²) in [7, 11) is 0. The summed E-state index contributed by atoms with van der Waals surface area (Å²) in [5, 5.41) is 9.20. The van der Waals surface area contributed by atoms with Gasteiger partial charge in [-0.05, 0) is 37.1 Å². The van der Waals surface area contributed by atoms with Crippen LogP contribution >= 0.6 is 0 Å². The molecule has 0 amide bonds. The fourth-order valence-electron chi connectivity index (χ4n) is 2.00. The molecule has 4 N–H and O–H groups in total. The zero-order valence-electron chi connectivity index (χ0n) is 12.6. The first kappa shape index (κ1) is 16.1. The van der Waals surface area contributed by atoms with Gasteiger partial charge >= 0.3 is 5.97 Å². The molecule has 118 valence electrons. The van der Waals surface area contributed by atoms with E-state index in [0.717, 1.165) is 5.56 Å². The molecule has 0 radical (unpaired) electrons. The van der Waals surface area contributed by atoms with Crippen molar-refractivity contribution in [3.63, 3.8) is 0 Å². The molecule has 0 aliphatic heterocycles. The first-order chi connectivity index (χ1) is 10.9. The molecule has 3 rings (SSSR count). The van der Waals surface area contributed by atoms with Crippen LogP contribution in [0.15, 0.2) is 35.6 Å². The topological polar surface area (TPSA) is 135 Å². The highest BCUT2D eigenvalue weighted by molar-refractivity contribution is 5.94. The average molecular weight is 313 g/mol. The molecule has 0 bridgehead atoms. The minimum Gasteiger partial charge on any atom is -0.478 e. The number of nitrogen functional groups attached to an aromatic ring is 1. The molecule has 3 aromatic rings. The van der Waals surface area contributed by atoms with Crippen molar-refractivity contribution in [2.75, 3.05) is 5.73 Å². The summed E-state index contributed by atoms with van der Waals surface area (Å²) >= 11 is 0. The summed E-state index contributed by atoms with van der Waals surface area (Å²) < 4.78 is 0.